The maximum atomic E-state index is 5.57. The van der Waals surface area contributed by atoms with Crippen molar-refractivity contribution in [3.05, 3.63) is 91.2 Å². The molecule has 0 fully saturated rings. The molecule has 1 aromatic heterocycles. The Balaban J connectivity index is 1.74. The predicted molar refractivity (Wildman–Crippen MR) is 122 cm³/mol. The molecule has 0 radical (unpaired) electrons. The van der Waals surface area contributed by atoms with Gasteiger partial charge in [-0.25, -0.2) is 5.01 Å². The lowest BCUT2D eigenvalue weighted by Crippen LogP contribution is -2.29. The Morgan fingerprint density at radius 1 is 1.00 bits per heavy atom. The van der Waals surface area contributed by atoms with Gasteiger partial charge in [-0.05, 0) is 49.7 Å². The van der Waals surface area contributed by atoms with Gasteiger partial charge < -0.3 is 9.30 Å². The first-order valence-electron chi connectivity index (χ1n) is 9.88. The van der Waals surface area contributed by atoms with Gasteiger partial charge in [-0.1, -0.05) is 49.0 Å². The summed E-state index contributed by atoms with van der Waals surface area (Å²) in [7, 11) is 0. The molecule has 0 N–H and O–H groups in total. The maximum absolute atomic E-state index is 5.57. The van der Waals surface area contributed by atoms with Gasteiger partial charge in [-0.3, -0.25) is 0 Å². The Bertz CT molecular complexity index is 1160. The lowest BCUT2D eigenvalue weighted by molar-refractivity contribution is 0.158. The zero-order valence-electron chi connectivity index (χ0n) is 16.8. The number of benzene rings is 3. The fourth-order valence-corrected chi connectivity index (χ4v) is 3.77. The largest absolute Gasteiger partial charge is 0.477 e. The summed E-state index contributed by atoms with van der Waals surface area (Å²) in [5.74, 6) is 0. The van der Waals surface area contributed by atoms with Gasteiger partial charge in [0.2, 0.25) is 0 Å². The monoisotopic (exact) mass is 383 g/mol. The van der Waals surface area contributed by atoms with E-state index < -0.39 is 0 Å². The SMILES string of the molecule is C=COC(C)N(/N=C/c1ccc2c(c1)c1ccccc1n2CC)c1ccccc1. The Morgan fingerprint density at radius 3 is 2.48 bits per heavy atom. The van der Waals surface area contributed by atoms with Crippen molar-refractivity contribution in [2.45, 2.75) is 26.6 Å². The molecule has 3 aromatic carbocycles. The quantitative estimate of drug-likeness (QED) is 0.165. The minimum atomic E-state index is -0.267. The molecule has 0 bridgehead atoms. The summed E-state index contributed by atoms with van der Waals surface area (Å²) in [5.41, 5.74) is 4.51. The average Bonchev–Trinajstić information content (AvgIpc) is 3.08. The molecule has 0 amide bonds. The highest BCUT2D eigenvalue weighted by Crippen LogP contribution is 2.29. The van der Waals surface area contributed by atoms with Crippen molar-refractivity contribution in [3.63, 3.8) is 0 Å². The molecule has 29 heavy (non-hydrogen) atoms. The van der Waals surface area contributed by atoms with Gasteiger partial charge in [0, 0.05) is 28.4 Å². The van der Waals surface area contributed by atoms with Crippen LogP contribution >= 0.6 is 0 Å². The maximum Gasteiger partial charge on any atom is 0.188 e. The summed E-state index contributed by atoms with van der Waals surface area (Å²) < 4.78 is 7.91. The Labute approximate surface area is 171 Å². The van der Waals surface area contributed by atoms with Crippen LogP contribution < -0.4 is 5.01 Å². The summed E-state index contributed by atoms with van der Waals surface area (Å²) in [6, 6.07) is 25.0. The minimum absolute atomic E-state index is 0.267. The number of anilines is 1. The van der Waals surface area contributed by atoms with Crippen LogP contribution in [-0.4, -0.2) is 17.0 Å². The van der Waals surface area contributed by atoms with Crippen LogP contribution in [0.25, 0.3) is 21.8 Å². The van der Waals surface area contributed by atoms with E-state index in [9.17, 15) is 0 Å². The number of ether oxygens (including phenoxy) is 1. The van der Waals surface area contributed by atoms with E-state index in [2.05, 4.69) is 60.5 Å². The van der Waals surface area contributed by atoms with Crippen molar-refractivity contribution >= 4 is 33.7 Å². The molecule has 4 heteroatoms. The zero-order valence-corrected chi connectivity index (χ0v) is 16.8. The number of nitrogens with zero attached hydrogens (tertiary/aromatic N) is 3. The molecule has 4 rings (SSSR count). The third-order valence-corrected chi connectivity index (χ3v) is 5.10. The van der Waals surface area contributed by atoms with E-state index in [-0.39, 0.29) is 6.23 Å². The minimum Gasteiger partial charge on any atom is -0.477 e. The summed E-state index contributed by atoms with van der Waals surface area (Å²) in [6.07, 6.45) is 3.06. The van der Waals surface area contributed by atoms with Gasteiger partial charge in [-0.2, -0.15) is 5.10 Å². The van der Waals surface area contributed by atoms with Crippen molar-refractivity contribution in [2.75, 3.05) is 5.01 Å². The van der Waals surface area contributed by atoms with Crippen LogP contribution in [0.2, 0.25) is 0 Å². The molecule has 0 spiro atoms. The molecular weight excluding hydrogens is 358 g/mol. The van der Waals surface area contributed by atoms with Crippen LogP contribution in [0.15, 0.2) is 90.7 Å². The lowest BCUT2D eigenvalue weighted by atomic mass is 10.1. The summed E-state index contributed by atoms with van der Waals surface area (Å²) in [5, 5.41) is 9.08. The summed E-state index contributed by atoms with van der Waals surface area (Å²) in [4.78, 5) is 0. The van der Waals surface area contributed by atoms with Crippen LogP contribution in [0.4, 0.5) is 5.69 Å². The topological polar surface area (TPSA) is 29.8 Å². The van der Waals surface area contributed by atoms with Crippen molar-refractivity contribution < 1.29 is 4.74 Å². The van der Waals surface area contributed by atoms with E-state index in [0.29, 0.717) is 0 Å². The number of hydrazone groups is 1. The first kappa shape index (κ1) is 18.8. The van der Waals surface area contributed by atoms with Gasteiger partial charge >= 0.3 is 0 Å². The van der Waals surface area contributed by atoms with E-state index in [1.54, 1.807) is 0 Å². The van der Waals surface area contributed by atoms with Crippen LogP contribution in [0.3, 0.4) is 0 Å². The molecule has 0 saturated carbocycles. The van der Waals surface area contributed by atoms with Crippen molar-refractivity contribution in [2.24, 2.45) is 5.10 Å². The molecule has 0 aliphatic rings. The standard InChI is InChI=1S/C25H25N3O/c1-4-27-24-14-10-9-13-22(24)23-17-20(15-16-25(23)27)18-26-28(19(3)29-5-2)21-11-7-6-8-12-21/h5-19H,2,4H2,1,3H3/b26-18+. The number of aryl methyl sites for hydroxylation is 1. The van der Waals surface area contributed by atoms with Gasteiger partial charge in [0.1, 0.15) is 0 Å². The number of aromatic nitrogens is 1. The van der Waals surface area contributed by atoms with Crippen molar-refractivity contribution in [3.8, 4) is 0 Å². The van der Waals surface area contributed by atoms with Crippen LogP contribution in [-0.2, 0) is 11.3 Å². The third kappa shape index (κ3) is 3.61. The third-order valence-electron chi connectivity index (χ3n) is 5.10. The Morgan fingerprint density at radius 2 is 1.72 bits per heavy atom. The number of fused-ring (bicyclic) bond motifs is 3. The van der Waals surface area contributed by atoms with Gasteiger partial charge in [0.15, 0.2) is 6.23 Å². The second kappa shape index (κ2) is 8.23. The molecule has 1 atom stereocenters. The molecule has 4 nitrogen and oxygen atoms in total. The molecule has 146 valence electrons. The molecule has 0 saturated heterocycles. The smallest absolute Gasteiger partial charge is 0.188 e. The van der Waals surface area contributed by atoms with Crippen molar-refractivity contribution in [1.29, 1.82) is 0 Å². The fraction of sp³-hybridized carbons (Fsp3) is 0.160. The fourth-order valence-electron chi connectivity index (χ4n) is 3.77. The highest BCUT2D eigenvalue weighted by Gasteiger charge is 2.13. The number of rotatable bonds is 7. The van der Waals surface area contributed by atoms with E-state index in [1.807, 2.05) is 48.5 Å². The van der Waals surface area contributed by atoms with Crippen LogP contribution in [0, 0.1) is 0 Å². The van der Waals surface area contributed by atoms with E-state index in [4.69, 9.17) is 9.84 Å². The molecule has 1 unspecified atom stereocenters. The van der Waals surface area contributed by atoms with Gasteiger partial charge in [-0.15, -0.1) is 0 Å². The number of para-hydroxylation sites is 2. The highest BCUT2D eigenvalue weighted by atomic mass is 16.5. The van der Waals surface area contributed by atoms with Crippen LogP contribution in [0.5, 0.6) is 0 Å². The van der Waals surface area contributed by atoms with Crippen LogP contribution in [0.1, 0.15) is 19.4 Å². The Kier molecular flexibility index (Phi) is 5.34. The zero-order chi connectivity index (χ0) is 20.2. The van der Waals surface area contributed by atoms with E-state index in [0.717, 1.165) is 17.8 Å². The normalized spacial score (nSPS) is 12.5. The summed E-state index contributed by atoms with van der Waals surface area (Å²) in [6.45, 7) is 8.73. The molecule has 1 heterocycles. The first-order valence-corrected chi connectivity index (χ1v) is 9.88. The predicted octanol–water partition coefficient (Wildman–Crippen LogP) is 6.16. The average molecular weight is 383 g/mol. The number of hydrogen-bond donors (Lipinski definition) is 0. The molecular formula is C25H25N3O. The second-order valence-corrected chi connectivity index (χ2v) is 6.86. The van der Waals surface area contributed by atoms with E-state index in [1.165, 1.54) is 28.1 Å². The van der Waals surface area contributed by atoms with E-state index >= 15 is 0 Å². The highest BCUT2D eigenvalue weighted by molar-refractivity contribution is 6.09. The van der Waals surface area contributed by atoms with Gasteiger partial charge in [0.25, 0.3) is 0 Å². The van der Waals surface area contributed by atoms with Crippen molar-refractivity contribution in [1.82, 2.24) is 4.57 Å². The second-order valence-electron chi connectivity index (χ2n) is 6.86. The molecule has 0 aliphatic carbocycles. The molecule has 4 aromatic rings. The number of hydrogen-bond acceptors (Lipinski definition) is 3. The Hall–Kier alpha value is -3.53. The lowest BCUT2D eigenvalue weighted by Gasteiger charge is -2.25. The first-order chi connectivity index (χ1) is 14.2. The summed E-state index contributed by atoms with van der Waals surface area (Å²) >= 11 is 0. The molecule has 0 aliphatic heterocycles. The van der Waals surface area contributed by atoms with Gasteiger partial charge in [0.05, 0.1) is 18.2 Å².